The standard InChI is InChI=1S/C6H13N.C6H14/c1-3-5-6(7)4-2;1-5(2)6(3)4/h4,6H,2-3,5,7H2,1H3;5-6H,1-4H3. The molecule has 0 aromatic carbocycles. The molecule has 1 unspecified atom stereocenters. The molecule has 0 rings (SSSR count). The molecular formula is C12H27N. The maximum absolute atomic E-state index is 5.47. The molecule has 0 radical (unpaired) electrons. The first-order valence-corrected chi connectivity index (χ1v) is 5.33. The zero-order valence-electron chi connectivity index (χ0n) is 10.0. The third kappa shape index (κ3) is 14.5. The summed E-state index contributed by atoms with van der Waals surface area (Å²) in [5.74, 6) is 1.70. The second-order valence-electron chi connectivity index (χ2n) is 4.18. The highest BCUT2D eigenvalue weighted by molar-refractivity contribution is 4.80. The fourth-order valence-electron chi connectivity index (χ4n) is 0.451. The summed E-state index contributed by atoms with van der Waals surface area (Å²) in [6.07, 6.45) is 3.99. The fraction of sp³-hybridized carbons (Fsp3) is 0.833. The Bertz CT molecular complexity index is 99.7. The molecule has 0 heterocycles. The number of hydrogen-bond donors (Lipinski definition) is 1. The predicted octanol–water partition coefficient (Wildman–Crippen LogP) is 3.60. The van der Waals surface area contributed by atoms with Crippen LogP contribution in [0.5, 0.6) is 0 Å². The van der Waals surface area contributed by atoms with Crippen LogP contribution in [-0.2, 0) is 0 Å². The minimum atomic E-state index is 0.213. The van der Waals surface area contributed by atoms with E-state index in [0.29, 0.717) is 0 Å². The van der Waals surface area contributed by atoms with Crippen molar-refractivity contribution < 1.29 is 0 Å². The molecular weight excluding hydrogens is 158 g/mol. The van der Waals surface area contributed by atoms with Gasteiger partial charge in [0.2, 0.25) is 0 Å². The van der Waals surface area contributed by atoms with Crippen molar-refractivity contribution >= 4 is 0 Å². The van der Waals surface area contributed by atoms with Crippen molar-refractivity contribution in [2.45, 2.75) is 53.5 Å². The first-order chi connectivity index (χ1) is 5.95. The lowest BCUT2D eigenvalue weighted by Crippen LogP contribution is -2.14. The second kappa shape index (κ2) is 9.79. The number of rotatable bonds is 4. The molecule has 1 atom stereocenters. The number of nitrogens with two attached hydrogens (primary N) is 1. The maximum atomic E-state index is 5.47. The van der Waals surface area contributed by atoms with Crippen molar-refractivity contribution in [3.63, 3.8) is 0 Å². The summed E-state index contributed by atoms with van der Waals surface area (Å²) in [6.45, 7) is 14.6. The van der Waals surface area contributed by atoms with Crippen molar-refractivity contribution in [2.75, 3.05) is 0 Å². The normalized spacial score (nSPS) is 12.3. The van der Waals surface area contributed by atoms with Gasteiger partial charge in [-0.2, -0.15) is 0 Å². The van der Waals surface area contributed by atoms with Gasteiger partial charge in [0.25, 0.3) is 0 Å². The van der Waals surface area contributed by atoms with Crippen LogP contribution in [-0.4, -0.2) is 6.04 Å². The van der Waals surface area contributed by atoms with Crippen LogP contribution in [0.1, 0.15) is 47.5 Å². The van der Waals surface area contributed by atoms with Gasteiger partial charge in [0, 0.05) is 6.04 Å². The van der Waals surface area contributed by atoms with Crippen LogP contribution in [0.2, 0.25) is 0 Å². The van der Waals surface area contributed by atoms with Gasteiger partial charge in [0.1, 0.15) is 0 Å². The van der Waals surface area contributed by atoms with Gasteiger partial charge < -0.3 is 5.73 Å². The Morgan fingerprint density at radius 1 is 1.15 bits per heavy atom. The third-order valence-corrected chi connectivity index (χ3v) is 2.26. The summed E-state index contributed by atoms with van der Waals surface area (Å²) in [5, 5.41) is 0. The van der Waals surface area contributed by atoms with Gasteiger partial charge >= 0.3 is 0 Å². The molecule has 80 valence electrons. The van der Waals surface area contributed by atoms with Crippen LogP contribution < -0.4 is 5.73 Å². The highest BCUT2D eigenvalue weighted by atomic mass is 14.6. The van der Waals surface area contributed by atoms with Crippen LogP contribution >= 0.6 is 0 Å². The predicted molar refractivity (Wildman–Crippen MR) is 62.8 cm³/mol. The summed E-state index contributed by atoms with van der Waals surface area (Å²) >= 11 is 0. The quantitative estimate of drug-likeness (QED) is 0.665. The molecule has 0 aromatic heterocycles. The SMILES string of the molecule is C=CC(N)CCC.CC(C)C(C)C. The van der Waals surface area contributed by atoms with Crippen molar-refractivity contribution in [2.24, 2.45) is 17.6 Å². The number of hydrogen-bond acceptors (Lipinski definition) is 1. The molecule has 0 aliphatic carbocycles. The molecule has 0 fully saturated rings. The molecule has 0 aliphatic heterocycles. The third-order valence-electron chi connectivity index (χ3n) is 2.26. The van der Waals surface area contributed by atoms with E-state index < -0.39 is 0 Å². The van der Waals surface area contributed by atoms with E-state index in [4.69, 9.17) is 5.73 Å². The molecule has 0 saturated heterocycles. The lowest BCUT2D eigenvalue weighted by Gasteiger charge is -2.05. The highest BCUT2D eigenvalue weighted by Gasteiger charge is 1.95. The molecule has 2 N–H and O–H groups in total. The van der Waals surface area contributed by atoms with Crippen LogP contribution in [0.25, 0.3) is 0 Å². The Labute approximate surface area is 84.4 Å². The molecule has 1 nitrogen and oxygen atoms in total. The smallest absolute Gasteiger partial charge is 0.0220 e. The van der Waals surface area contributed by atoms with Gasteiger partial charge in [-0.25, -0.2) is 0 Å². The minimum absolute atomic E-state index is 0.213. The lowest BCUT2D eigenvalue weighted by molar-refractivity contribution is 0.457. The van der Waals surface area contributed by atoms with Crippen LogP contribution in [0.4, 0.5) is 0 Å². The van der Waals surface area contributed by atoms with E-state index in [1.54, 1.807) is 6.08 Å². The monoisotopic (exact) mass is 185 g/mol. The van der Waals surface area contributed by atoms with E-state index in [2.05, 4.69) is 41.2 Å². The molecule has 0 amide bonds. The van der Waals surface area contributed by atoms with E-state index >= 15 is 0 Å². The Morgan fingerprint density at radius 2 is 1.54 bits per heavy atom. The van der Waals surface area contributed by atoms with Crippen LogP contribution in [0, 0.1) is 11.8 Å². The Hall–Kier alpha value is -0.300. The molecule has 0 aliphatic rings. The summed E-state index contributed by atoms with van der Waals surface area (Å²) < 4.78 is 0. The Kier molecular flexibility index (Phi) is 11.4. The molecule has 0 spiro atoms. The molecule has 13 heavy (non-hydrogen) atoms. The van der Waals surface area contributed by atoms with Gasteiger partial charge in [-0.15, -0.1) is 6.58 Å². The van der Waals surface area contributed by atoms with E-state index in [-0.39, 0.29) is 6.04 Å². The maximum Gasteiger partial charge on any atom is 0.0220 e. The van der Waals surface area contributed by atoms with E-state index in [0.717, 1.165) is 24.7 Å². The molecule has 0 bridgehead atoms. The molecule has 1 heteroatoms. The van der Waals surface area contributed by atoms with E-state index in [1.807, 2.05) is 0 Å². The molecule has 0 aromatic rings. The van der Waals surface area contributed by atoms with E-state index in [1.165, 1.54) is 0 Å². The topological polar surface area (TPSA) is 26.0 Å². The average Bonchev–Trinajstić information content (AvgIpc) is 2.05. The van der Waals surface area contributed by atoms with Crippen molar-refractivity contribution in [1.82, 2.24) is 0 Å². The summed E-state index contributed by atoms with van der Waals surface area (Å²) in [6, 6.07) is 0.213. The van der Waals surface area contributed by atoms with Crippen molar-refractivity contribution in [1.29, 1.82) is 0 Å². The summed E-state index contributed by atoms with van der Waals surface area (Å²) in [7, 11) is 0. The first kappa shape index (κ1) is 15.2. The lowest BCUT2D eigenvalue weighted by atomic mass is 10.0. The summed E-state index contributed by atoms with van der Waals surface area (Å²) in [4.78, 5) is 0. The average molecular weight is 185 g/mol. The van der Waals surface area contributed by atoms with Crippen LogP contribution in [0.3, 0.4) is 0 Å². The first-order valence-electron chi connectivity index (χ1n) is 5.33. The van der Waals surface area contributed by atoms with Gasteiger partial charge in [-0.1, -0.05) is 47.1 Å². The van der Waals surface area contributed by atoms with Crippen molar-refractivity contribution in [3.8, 4) is 0 Å². The molecule has 0 saturated carbocycles. The minimum Gasteiger partial charge on any atom is -0.324 e. The largest absolute Gasteiger partial charge is 0.324 e. The van der Waals surface area contributed by atoms with Gasteiger partial charge in [0.05, 0.1) is 0 Å². The van der Waals surface area contributed by atoms with E-state index in [9.17, 15) is 0 Å². The second-order valence-corrected chi connectivity index (χ2v) is 4.18. The van der Waals surface area contributed by atoms with Gasteiger partial charge in [-0.05, 0) is 18.3 Å². The van der Waals surface area contributed by atoms with Crippen molar-refractivity contribution in [3.05, 3.63) is 12.7 Å². The zero-order valence-corrected chi connectivity index (χ0v) is 10.0. The fourth-order valence-corrected chi connectivity index (χ4v) is 0.451. The van der Waals surface area contributed by atoms with Crippen LogP contribution in [0.15, 0.2) is 12.7 Å². The highest BCUT2D eigenvalue weighted by Crippen LogP contribution is 2.05. The van der Waals surface area contributed by atoms with Gasteiger partial charge in [-0.3, -0.25) is 0 Å². The Balaban J connectivity index is 0. The summed E-state index contributed by atoms with van der Waals surface area (Å²) in [5.41, 5.74) is 5.47. The zero-order chi connectivity index (χ0) is 10.9. The van der Waals surface area contributed by atoms with Gasteiger partial charge in [0.15, 0.2) is 0 Å². The Morgan fingerprint density at radius 3 is 1.62 bits per heavy atom.